The van der Waals surface area contributed by atoms with Gasteiger partial charge < -0.3 is 10.1 Å². The molecule has 1 amide bonds. The quantitative estimate of drug-likeness (QED) is 0.654. The molecule has 0 saturated carbocycles. The average Bonchev–Trinajstić information content (AvgIpc) is 2.62. The fourth-order valence-electron chi connectivity index (χ4n) is 2.20. The molecule has 0 aliphatic carbocycles. The molecule has 0 bridgehead atoms. The summed E-state index contributed by atoms with van der Waals surface area (Å²) in [5.74, 6) is -1.35. The fraction of sp³-hybridized carbons (Fsp3) is 0.211. The van der Waals surface area contributed by atoms with Crippen molar-refractivity contribution in [1.82, 2.24) is 5.32 Å². The molecule has 2 aromatic carbocycles. The van der Waals surface area contributed by atoms with Crippen LogP contribution in [0.25, 0.3) is 0 Å². The van der Waals surface area contributed by atoms with Gasteiger partial charge in [0.25, 0.3) is 5.91 Å². The van der Waals surface area contributed by atoms with Crippen LogP contribution >= 0.6 is 0 Å². The molecule has 24 heavy (non-hydrogen) atoms. The van der Waals surface area contributed by atoms with E-state index in [9.17, 15) is 14.4 Å². The highest BCUT2D eigenvalue weighted by atomic mass is 16.5. The molecule has 5 heteroatoms. The summed E-state index contributed by atoms with van der Waals surface area (Å²) in [6, 6.07) is 15.1. The molecule has 0 heterocycles. The number of ether oxygens (including phenoxy) is 1. The Morgan fingerprint density at radius 2 is 1.54 bits per heavy atom. The van der Waals surface area contributed by atoms with Crippen molar-refractivity contribution < 1.29 is 19.1 Å². The number of carbonyl (C=O) groups excluding carboxylic acids is 3. The van der Waals surface area contributed by atoms with Crippen LogP contribution in [0.5, 0.6) is 0 Å². The first-order chi connectivity index (χ1) is 11.5. The molecule has 1 N–H and O–H groups in total. The minimum absolute atomic E-state index is 0.141. The lowest BCUT2D eigenvalue weighted by atomic mass is 9.98. The zero-order valence-electron chi connectivity index (χ0n) is 13.6. The largest absolute Gasteiger partial charge is 0.449 e. The van der Waals surface area contributed by atoms with Crippen LogP contribution in [0, 0.1) is 0 Å². The van der Waals surface area contributed by atoms with Crippen LogP contribution in [0.3, 0.4) is 0 Å². The van der Waals surface area contributed by atoms with Crippen LogP contribution in [0.1, 0.15) is 40.1 Å². The molecule has 2 aromatic rings. The van der Waals surface area contributed by atoms with Gasteiger partial charge in [-0.15, -0.1) is 0 Å². The van der Waals surface area contributed by atoms with Crippen molar-refractivity contribution in [2.45, 2.75) is 20.0 Å². The van der Waals surface area contributed by atoms with Gasteiger partial charge >= 0.3 is 5.97 Å². The molecule has 0 spiro atoms. The molecular weight excluding hydrogens is 306 g/mol. The van der Waals surface area contributed by atoms with Crippen molar-refractivity contribution in [3.8, 4) is 0 Å². The maximum absolute atomic E-state index is 12.6. The van der Waals surface area contributed by atoms with Gasteiger partial charge in [0.05, 0.1) is 5.56 Å². The minimum atomic E-state index is -0.933. The van der Waals surface area contributed by atoms with E-state index in [-0.39, 0.29) is 22.8 Å². The van der Waals surface area contributed by atoms with Crippen molar-refractivity contribution in [2.24, 2.45) is 0 Å². The van der Waals surface area contributed by atoms with Crippen LogP contribution in [0.4, 0.5) is 0 Å². The molecule has 0 saturated heterocycles. The molecule has 5 nitrogen and oxygen atoms in total. The van der Waals surface area contributed by atoms with Gasteiger partial charge in [-0.2, -0.15) is 0 Å². The van der Waals surface area contributed by atoms with E-state index in [0.717, 1.165) is 0 Å². The summed E-state index contributed by atoms with van der Waals surface area (Å²) < 4.78 is 5.17. The lowest BCUT2D eigenvalue weighted by molar-refractivity contribution is -0.128. The Kier molecular flexibility index (Phi) is 5.84. The molecule has 0 aromatic heterocycles. The summed E-state index contributed by atoms with van der Waals surface area (Å²) in [4.78, 5) is 36.7. The van der Waals surface area contributed by atoms with E-state index in [2.05, 4.69) is 5.32 Å². The van der Waals surface area contributed by atoms with Crippen LogP contribution in [0.15, 0.2) is 54.6 Å². The van der Waals surface area contributed by atoms with E-state index in [1.54, 1.807) is 49.4 Å². The van der Waals surface area contributed by atoms with E-state index in [1.807, 2.05) is 6.07 Å². The Morgan fingerprint density at radius 3 is 2.17 bits per heavy atom. The lowest BCUT2D eigenvalue weighted by Gasteiger charge is -2.14. The highest BCUT2D eigenvalue weighted by Crippen LogP contribution is 2.16. The topological polar surface area (TPSA) is 72.5 Å². The summed E-state index contributed by atoms with van der Waals surface area (Å²) in [5, 5.41) is 2.58. The third-order valence-electron chi connectivity index (χ3n) is 3.43. The van der Waals surface area contributed by atoms with Gasteiger partial charge in [0.1, 0.15) is 0 Å². The monoisotopic (exact) mass is 325 g/mol. The van der Waals surface area contributed by atoms with E-state index in [0.29, 0.717) is 12.1 Å². The van der Waals surface area contributed by atoms with Crippen molar-refractivity contribution in [1.29, 1.82) is 0 Å². The van der Waals surface area contributed by atoms with Gasteiger partial charge in [0.15, 0.2) is 11.9 Å². The van der Waals surface area contributed by atoms with Gasteiger partial charge in [-0.1, -0.05) is 48.5 Å². The second-order valence-electron chi connectivity index (χ2n) is 5.18. The Hall–Kier alpha value is -2.95. The third-order valence-corrected chi connectivity index (χ3v) is 3.43. The van der Waals surface area contributed by atoms with Crippen molar-refractivity contribution >= 4 is 17.7 Å². The van der Waals surface area contributed by atoms with E-state index >= 15 is 0 Å². The van der Waals surface area contributed by atoms with Gasteiger partial charge in [-0.3, -0.25) is 9.59 Å². The van der Waals surface area contributed by atoms with E-state index < -0.39 is 12.1 Å². The smallest absolute Gasteiger partial charge is 0.339 e. The molecule has 0 radical (unpaired) electrons. The minimum Gasteiger partial charge on any atom is -0.449 e. The SMILES string of the molecule is CCNC(=O)[C@@H](C)OC(=O)c1ccccc1C(=O)c1ccccc1. The number of nitrogens with one attached hydrogen (secondary N) is 1. The first-order valence-electron chi connectivity index (χ1n) is 7.72. The van der Waals surface area contributed by atoms with Crippen molar-refractivity contribution in [2.75, 3.05) is 6.54 Å². The number of benzene rings is 2. The number of amides is 1. The molecule has 1 atom stereocenters. The number of esters is 1. The summed E-state index contributed by atoms with van der Waals surface area (Å²) in [6.07, 6.45) is -0.933. The number of ketones is 1. The highest BCUT2D eigenvalue weighted by Gasteiger charge is 2.22. The van der Waals surface area contributed by atoms with Gasteiger partial charge in [-0.25, -0.2) is 4.79 Å². The highest BCUT2D eigenvalue weighted by molar-refractivity contribution is 6.14. The molecule has 0 aliphatic heterocycles. The molecule has 124 valence electrons. The standard InChI is InChI=1S/C19H19NO4/c1-3-20-18(22)13(2)24-19(23)16-12-8-7-11-15(16)17(21)14-9-5-4-6-10-14/h4-13H,3H2,1-2H3,(H,20,22)/t13-/m1/s1. The fourth-order valence-corrected chi connectivity index (χ4v) is 2.20. The predicted octanol–water partition coefficient (Wildman–Crippen LogP) is 2.60. The number of carbonyl (C=O) groups is 3. The number of hydrogen-bond acceptors (Lipinski definition) is 4. The lowest BCUT2D eigenvalue weighted by Crippen LogP contribution is -2.35. The summed E-state index contributed by atoms with van der Waals surface area (Å²) in [6.45, 7) is 3.72. The van der Waals surface area contributed by atoms with Crippen LogP contribution in [0.2, 0.25) is 0 Å². The first-order valence-corrected chi connectivity index (χ1v) is 7.72. The third kappa shape index (κ3) is 4.07. The normalized spacial score (nSPS) is 11.4. The maximum atomic E-state index is 12.6. The Morgan fingerprint density at radius 1 is 0.958 bits per heavy atom. The number of rotatable bonds is 6. The predicted molar refractivity (Wildman–Crippen MR) is 89.9 cm³/mol. The van der Waals surface area contributed by atoms with Crippen molar-refractivity contribution in [3.05, 3.63) is 71.3 Å². The molecule has 2 rings (SSSR count). The van der Waals surface area contributed by atoms with Gasteiger partial charge in [0, 0.05) is 17.7 Å². The summed E-state index contributed by atoms with van der Waals surface area (Å²) >= 11 is 0. The first kappa shape index (κ1) is 17.4. The molecular formula is C19H19NO4. The van der Waals surface area contributed by atoms with Crippen LogP contribution in [-0.4, -0.2) is 30.3 Å². The van der Waals surface area contributed by atoms with E-state index in [4.69, 9.17) is 4.74 Å². The molecule has 0 unspecified atom stereocenters. The maximum Gasteiger partial charge on any atom is 0.339 e. The molecule has 0 aliphatic rings. The van der Waals surface area contributed by atoms with Gasteiger partial charge in [0.2, 0.25) is 0 Å². The number of hydrogen-bond donors (Lipinski definition) is 1. The molecule has 0 fully saturated rings. The second kappa shape index (κ2) is 8.06. The average molecular weight is 325 g/mol. The second-order valence-corrected chi connectivity index (χ2v) is 5.18. The van der Waals surface area contributed by atoms with Gasteiger partial charge in [-0.05, 0) is 19.9 Å². The zero-order chi connectivity index (χ0) is 17.5. The number of likely N-dealkylation sites (N-methyl/N-ethyl adjacent to an activating group) is 1. The Labute approximate surface area is 140 Å². The summed E-state index contributed by atoms with van der Waals surface area (Å²) in [7, 11) is 0. The van der Waals surface area contributed by atoms with Crippen LogP contribution in [-0.2, 0) is 9.53 Å². The zero-order valence-corrected chi connectivity index (χ0v) is 13.6. The van der Waals surface area contributed by atoms with E-state index in [1.165, 1.54) is 13.0 Å². The Balaban J connectivity index is 2.24. The Bertz CT molecular complexity index is 740. The van der Waals surface area contributed by atoms with Crippen molar-refractivity contribution in [3.63, 3.8) is 0 Å². The summed E-state index contributed by atoms with van der Waals surface area (Å²) in [5.41, 5.74) is 0.869. The van der Waals surface area contributed by atoms with Crippen LogP contribution < -0.4 is 5.32 Å².